The summed E-state index contributed by atoms with van der Waals surface area (Å²) < 4.78 is 39.2. The Kier molecular flexibility index (Phi) is 5.01. The molecule has 3 rings (SSSR count). The van der Waals surface area contributed by atoms with Crippen LogP contribution in [0.3, 0.4) is 0 Å². The molecule has 1 saturated heterocycles. The minimum atomic E-state index is -4.41. The SMILES string of the molecule is O=C(Nc1cc(C(F)(F)F)ccc1N1CCCCC1)C1CCCC1. The zero-order valence-corrected chi connectivity index (χ0v) is 13.7. The first kappa shape index (κ1) is 17.1. The van der Waals surface area contributed by atoms with Gasteiger partial charge in [-0.15, -0.1) is 0 Å². The van der Waals surface area contributed by atoms with Crippen LogP contribution in [0.4, 0.5) is 24.5 Å². The highest BCUT2D eigenvalue weighted by atomic mass is 19.4. The lowest BCUT2D eigenvalue weighted by Gasteiger charge is -2.31. The maximum atomic E-state index is 13.1. The number of carbonyl (C=O) groups is 1. The fourth-order valence-corrected chi connectivity index (χ4v) is 3.65. The summed E-state index contributed by atoms with van der Waals surface area (Å²) in [6, 6.07) is 3.68. The normalized spacial score (nSPS) is 19.5. The predicted octanol–water partition coefficient (Wildman–Crippen LogP) is 4.82. The van der Waals surface area contributed by atoms with Crippen LogP contribution in [0.25, 0.3) is 0 Å². The number of nitrogens with one attached hydrogen (secondary N) is 1. The number of nitrogens with zero attached hydrogens (tertiary/aromatic N) is 1. The largest absolute Gasteiger partial charge is 0.416 e. The van der Waals surface area contributed by atoms with Crippen LogP contribution >= 0.6 is 0 Å². The van der Waals surface area contributed by atoms with Gasteiger partial charge in [-0.25, -0.2) is 0 Å². The molecule has 1 saturated carbocycles. The van der Waals surface area contributed by atoms with Gasteiger partial charge in [0.2, 0.25) is 5.91 Å². The first-order valence-electron chi connectivity index (χ1n) is 8.72. The number of piperidine rings is 1. The fraction of sp³-hybridized carbons (Fsp3) is 0.611. The lowest BCUT2D eigenvalue weighted by Crippen LogP contribution is -2.31. The summed E-state index contributed by atoms with van der Waals surface area (Å²) in [6.45, 7) is 1.63. The molecule has 132 valence electrons. The van der Waals surface area contributed by atoms with E-state index in [4.69, 9.17) is 0 Å². The number of hydrogen-bond acceptors (Lipinski definition) is 2. The Morgan fingerprint density at radius 2 is 1.71 bits per heavy atom. The number of rotatable bonds is 3. The van der Waals surface area contributed by atoms with Gasteiger partial charge in [0.05, 0.1) is 16.9 Å². The summed E-state index contributed by atoms with van der Waals surface area (Å²) in [5.41, 5.74) is 0.280. The summed E-state index contributed by atoms with van der Waals surface area (Å²) in [4.78, 5) is 14.5. The molecule has 24 heavy (non-hydrogen) atoms. The molecule has 3 nitrogen and oxygen atoms in total. The number of carbonyl (C=O) groups excluding carboxylic acids is 1. The van der Waals surface area contributed by atoms with Gasteiger partial charge in [0.15, 0.2) is 0 Å². The minimum Gasteiger partial charge on any atom is -0.370 e. The first-order valence-corrected chi connectivity index (χ1v) is 8.72. The Bertz CT molecular complexity index is 588. The minimum absolute atomic E-state index is 0.0752. The van der Waals surface area contributed by atoms with Gasteiger partial charge in [-0.1, -0.05) is 12.8 Å². The Morgan fingerprint density at radius 3 is 2.33 bits per heavy atom. The Labute approximate surface area is 140 Å². The monoisotopic (exact) mass is 340 g/mol. The van der Waals surface area contributed by atoms with Crippen LogP contribution in [0.5, 0.6) is 0 Å². The predicted molar refractivity (Wildman–Crippen MR) is 88.1 cm³/mol. The van der Waals surface area contributed by atoms with Crippen molar-refractivity contribution in [1.29, 1.82) is 0 Å². The summed E-state index contributed by atoms with van der Waals surface area (Å²) in [6.07, 6.45) is 2.45. The van der Waals surface area contributed by atoms with E-state index in [-0.39, 0.29) is 11.8 Å². The van der Waals surface area contributed by atoms with Crippen LogP contribution in [-0.4, -0.2) is 19.0 Å². The molecule has 1 aliphatic heterocycles. The average Bonchev–Trinajstić information content (AvgIpc) is 3.09. The lowest BCUT2D eigenvalue weighted by molar-refractivity contribution is -0.137. The van der Waals surface area contributed by atoms with Crippen molar-refractivity contribution in [2.45, 2.75) is 51.1 Å². The zero-order chi connectivity index (χ0) is 17.2. The van der Waals surface area contributed by atoms with Gasteiger partial charge in [0.1, 0.15) is 0 Å². The molecule has 1 N–H and O–H groups in total. The number of halogens is 3. The topological polar surface area (TPSA) is 32.3 Å². The number of hydrogen-bond donors (Lipinski definition) is 1. The van der Waals surface area contributed by atoms with Crippen LogP contribution in [0.15, 0.2) is 18.2 Å². The average molecular weight is 340 g/mol. The van der Waals surface area contributed by atoms with Crippen molar-refractivity contribution in [3.8, 4) is 0 Å². The maximum Gasteiger partial charge on any atom is 0.416 e. The van der Waals surface area contributed by atoms with Gasteiger partial charge in [0.25, 0.3) is 0 Å². The Balaban J connectivity index is 1.87. The van der Waals surface area contributed by atoms with Crippen molar-refractivity contribution in [2.75, 3.05) is 23.3 Å². The second-order valence-electron chi connectivity index (χ2n) is 6.75. The van der Waals surface area contributed by atoms with Crippen LogP contribution in [0.2, 0.25) is 0 Å². The van der Waals surface area contributed by atoms with Gasteiger partial charge in [-0.05, 0) is 50.3 Å². The summed E-state index contributed by atoms with van der Waals surface area (Å²) in [7, 11) is 0. The van der Waals surface area contributed by atoms with E-state index in [1.807, 2.05) is 0 Å². The molecule has 2 fully saturated rings. The summed E-state index contributed by atoms with van der Waals surface area (Å²) >= 11 is 0. The van der Waals surface area contributed by atoms with E-state index in [2.05, 4.69) is 10.2 Å². The van der Waals surface area contributed by atoms with Gasteiger partial charge in [0, 0.05) is 19.0 Å². The van der Waals surface area contributed by atoms with E-state index in [9.17, 15) is 18.0 Å². The number of alkyl halides is 3. The molecule has 1 amide bonds. The quantitative estimate of drug-likeness (QED) is 0.855. The molecule has 0 atom stereocenters. The first-order chi connectivity index (χ1) is 11.4. The lowest BCUT2D eigenvalue weighted by atomic mass is 10.1. The van der Waals surface area contributed by atoms with Gasteiger partial charge in [-0.2, -0.15) is 13.2 Å². The molecule has 6 heteroatoms. The van der Waals surface area contributed by atoms with Gasteiger partial charge < -0.3 is 10.2 Å². The van der Waals surface area contributed by atoms with Crippen LogP contribution in [-0.2, 0) is 11.0 Å². The number of benzene rings is 1. The van der Waals surface area contributed by atoms with Gasteiger partial charge in [-0.3, -0.25) is 4.79 Å². The van der Waals surface area contributed by atoms with E-state index in [1.165, 1.54) is 6.07 Å². The third-order valence-electron chi connectivity index (χ3n) is 5.00. The molecule has 0 radical (unpaired) electrons. The smallest absolute Gasteiger partial charge is 0.370 e. The molecular formula is C18H23F3N2O. The summed E-state index contributed by atoms with van der Waals surface area (Å²) in [5.74, 6) is -0.223. The zero-order valence-electron chi connectivity index (χ0n) is 13.7. The van der Waals surface area contributed by atoms with Crippen molar-refractivity contribution >= 4 is 17.3 Å². The van der Waals surface area contributed by atoms with E-state index >= 15 is 0 Å². The maximum absolute atomic E-state index is 13.1. The molecule has 1 aromatic rings. The van der Waals surface area contributed by atoms with Crippen LogP contribution < -0.4 is 10.2 Å². The highest BCUT2D eigenvalue weighted by Gasteiger charge is 2.32. The van der Waals surface area contributed by atoms with E-state index in [1.54, 1.807) is 0 Å². The van der Waals surface area contributed by atoms with Crippen molar-refractivity contribution < 1.29 is 18.0 Å². The summed E-state index contributed by atoms with van der Waals surface area (Å²) in [5, 5.41) is 2.78. The second-order valence-corrected chi connectivity index (χ2v) is 6.75. The molecule has 2 aliphatic rings. The molecule has 1 heterocycles. The molecule has 0 unspecified atom stereocenters. The highest BCUT2D eigenvalue weighted by Crippen LogP contribution is 2.37. The van der Waals surface area contributed by atoms with E-state index < -0.39 is 11.7 Å². The Hall–Kier alpha value is -1.72. The molecule has 0 bridgehead atoms. The molecular weight excluding hydrogens is 317 g/mol. The van der Waals surface area contributed by atoms with Crippen molar-refractivity contribution in [3.63, 3.8) is 0 Å². The van der Waals surface area contributed by atoms with Crippen molar-refractivity contribution in [3.05, 3.63) is 23.8 Å². The number of anilines is 2. The third-order valence-corrected chi connectivity index (χ3v) is 5.00. The molecule has 0 spiro atoms. The molecule has 1 aromatic carbocycles. The van der Waals surface area contributed by atoms with Crippen molar-refractivity contribution in [1.82, 2.24) is 0 Å². The van der Waals surface area contributed by atoms with Crippen LogP contribution in [0.1, 0.15) is 50.5 Å². The highest BCUT2D eigenvalue weighted by molar-refractivity contribution is 5.96. The fourth-order valence-electron chi connectivity index (χ4n) is 3.65. The van der Waals surface area contributed by atoms with Crippen molar-refractivity contribution in [2.24, 2.45) is 5.92 Å². The third kappa shape index (κ3) is 3.84. The number of amides is 1. The van der Waals surface area contributed by atoms with E-state index in [0.717, 1.165) is 70.2 Å². The van der Waals surface area contributed by atoms with Crippen LogP contribution in [0, 0.1) is 5.92 Å². The second kappa shape index (κ2) is 7.03. The molecule has 0 aromatic heterocycles. The standard InChI is InChI=1S/C18H23F3N2O/c19-18(20,21)14-8-9-16(23-10-4-1-5-11-23)15(12-14)22-17(24)13-6-2-3-7-13/h8-9,12-13H,1-7,10-11H2,(H,22,24). The Morgan fingerprint density at radius 1 is 1.04 bits per heavy atom. The molecule has 1 aliphatic carbocycles. The van der Waals surface area contributed by atoms with Gasteiger partial charge >= 0.3 is 6.18 Å². The van der Waals surface area contributed by atoms with E-state index in [0.29, 0.717) is 11.4 Å².